The molecule has 0 aromatic carbocycles. The average molecular weight is 257 g/mol. The Morgan fingerprint density at radius 2 is 1.71 bits per heavy atom. The normalized spacial score (nSPS) is 10.9. The highest BCUT2D eigenvalue weighted by molar-refractivity contribution is 6.31. The molecule has 0 aliphatic heterocycles. The highest BCUT2D eigenvalue weighted by Gasteiger charge is 2.06. The molecule has 0 atom stereocenters. The summed E-state index contributed by atoms with van der Waals surface area (Å²) in [4.78, 5) is 11.0. The Labute approximate surface area is 108 Å². The molecule has 0 saturated carbocycles. The lowest BCUT2D eigenvalue weighted by molar-refractivity contribution is 0.316. The molecule has 0 unspecified atom stereocenters. The fourth-order valence-corrected chi connectivity index (χ4v) is 1.80. The Kier molecular flexibility index (Phi) is 5.65. The smallest absolute Gasteiger partial charge is 0.171 e. The number of likely N-dealkylation sites (N-methyl/N-ethyl adjacent to an activating group) is 1. The number of aryl methyl sites for hydroxylation is 2. The van der Waals surface area contributed by atoms with E-state index < -0.39 is 0 Å². The van der Waals surface area contributed by atoms with Crippen LogP contribution in [0.4, 0.5) is 5.82 Å². The maximum Gasteiger partial charge on any atom is 0.171 e. The molecule has 0 aliphatic rings. The van der Waals surface area contributed by atoms with Gasteiger partial charge < -0.3 is 10.2 Å². The zero-order chi connectivity index (χ0) is 12.8. The summed E-state index contributed by atoms with van der Waals surface area (Å²) in [5.74, 6) is 0.682. The van der Waals surface area contributed by atoms with Crippen LogP contribution in [-0.4, -0.2) is 41.0 Å². The molecule has 0 bridgehead atoms. The lowest BCUT2D eigenvalue weighted by Crippen LogP contribution is -2.28. The summed E-state index contributed by atoms with van der Waals surface area (Å²) in [6, 6.07) is 0. The molecule has 1 heterocycles. The minimum absolute atomic E-state index is 0.452. The maximum absolute atomic E-state index is 6.03. The summed E-state index contributed by atoms with van der Waals surface area (Å²) < 4.78 is 0. The van der Waals surface area contributed by atoms with Crippen molar-refractivity contribution in [2.45, 2.75) is 27.7 Å². The number of halogens is 1. The van der Waals surface area contributed by atoms with Crippen molar-refractivity contribution in [2.24, 2.45) is 0 Å². The van der Waals surface area contributed by atoms with Crippen LogP contribution in [0.3, 0.4) is 0 Å². The van der Waals surface area contributed by atoms with Gasteiger partial charge in [-0.2, -0.15) is 0 Å². The van der Waals surface area contributed by atoms with Crippen LogP contribution < -0.4 is 5.32 Å². The van der Waals surface area contributed by atoms with E-state index in [1.165, 1.54) is 0 Å². The topological polar surface area (TPSA) is 41.0 Å². The van der Waals surface area contributed by atoms with Crippen LogP contribution in [0.1, 0.15) is 25.2 Å². The molecule has 17 heavy (non-hydrogen) atoms. The van der Waals surface area contributed by atoms with Crippen molar-refractivity contribution in [1.82, 2.24) is 14.9 Å². The fourth-order valence-electron chi connectivity index (χ4n) is 1.56. The van der Waals surface area contributed by atoms with Crippen LogP contribution in [0.25, 0.3) is 0 Å². The Hall–Kier alpha value is -0.870. The Morgan fingerprint density at radius 3 is 2.29 bits per heavy atom. The Bertz CT molecular complexity index is 364. The summed E-state index contributed by atoms with van der Waals surface area (Å²) in [6.07, 6.45) is 0. The SMILES string of the molecule is CCN(CC)CCNc1nc(C)c(C)nc1Cl. The molecule has 1 aromatic rings. The molecule has 1 aromatic heterocycles. The monoisotopic (exact) mass is 256 g/mol. The van der Waals surface area contributed by atoms with Crippen molar-refractivity contribution >= 4 is 17.4 Å². The Balaban J connectivity index is 2.55. The first kappa shape index (κ1) is 14.2. The van der Waals surface area contributed by atoms with E-state index in [1.54, 1.807) is 0 Å². The molecule has 0 saturated heterocycles. The summed E-state index contributed by atoms with van der Waals surface area (Å²) >= 11 is 6.03. The highest BCUT2D eigenvalue weighted by atomic mass is 35.5. The van der Waals surface area contributed by atoms with E-state index in [0.29, 0.717) is 11.0 Å². The fraction of sp³-hybridized carbons (Fsp3) is 0.667. The molecule has 0 radical (unpaired) electrons. The van der Waals surface area contributed by atoms with E-state index in [1.807, 2.05) is 13.8 Å². The second-order valence-corrected chi connectivity index (χ2v) is 4.35. The minimum atomic E-state index is 0.452. The molecule has 1 N–H and O–H groups in total. The third-order valence-electron chi connectivity index (χ3n) is 2.88. The summed E-state index contributed by atoms with van der Waals surface area (Å²) in [5, 5.41) is 3.68. The van der Waals surface area contributed by atoms with Gasteiger partial charge in [0, 0.05) is 13.1 Å². The van der Waals surface area contributed by atoms with Gasteiger partial charge in [0.05, 0.1) is 11.4 Å². The van der Waals surface area contributed by atoms with Crippen LogP contribution in [0, 0.1) is 13.8 Å². The van der Waals surface area contributed by atoms with Crippen LogP contribution in [0.15, 0.2) is 0 Å². The van der Waals surface area contributed by atoms with Crippen molar-refractivity contribution in [3.05, 3.63) is 16.5 Å². The second kappa shape index (κ2) is 6.77. The summed E-state index contributed by atoms with van der Waals surface area (Å²) in [7, 11) is 0. The molecular weight excluding hydrogens is 236 g/mol. The van der Waals surface area contributed by atoms with Crippen LogP contribution in [0.2, 0.25) is 5.15 Å². The standard InChI is InChI=1S/C12H21ClN4/c1-5-17(6-2)8-7-14-12-11(13)15-9(3)10(4)16-12/h5-8H2,1-4H3,(H,14,16). The van der Waals surface area contributed by atoms with Gasteiger partial charge in [0.2, 0.25) is 0 Å². The number of rotatable bonds is 6. The average Bonchev–Trinajstić information content (AvgIpc) is 2.31. The third kappa shape index (κ3) is 4.13. The van der Waals surface area contributed by atoms with Crippen molar-refractivity contribution in [2.75, 3.05) is 31.5 Å². The van der Waals surface area contributed by atoms with E-state index in [4.69, 9.17) is 11.6 Å². The first-order valence-electron chi connectivity index (χ1n) is 6.05. The molecule has 96 valence electrons. The van der Waals surface area contributed by atoms with Crippen LogP contribution >= 0.6 is 11.6 Å². The number of anilines is 1. The molecule has 0 amide bonds. The number of nitrogens with one attached hydrogen (secondary N) is 1. The van der Waals surface area contributed by atoms with Gasteiger partial charge >= 0.3 is 0 Å². The number of aromatic nitrogens is 2. The first-order chi connectivity index (χ1) is 8.08. The van der Waals surface area contributed by atoms with Gasteiger partial charge in [0.15, 0.2) is 11.0 Å². The van der Waals surface area contributed by atoms with Crippen molar-refractivity contribution in [1.29, 1.82) is 0 Å². The van der Waals surface area contributed by atoms with Crippen LogP contribution in [0.5, 0.6) is 0 Å². The molecule has 4 nitrogen and oxygen atoms in total. The van der Waals surface area contributed by atoms with E-state index in [9.17, 15) is 0 Å². The number of hydrogen-bond acceptors (Lipinski definition) is 4. The van der Waals surface area contributed by atoms with Gasteiger partial charge in [-0.1, -0.05) is 25.4 Å². The predicted molar refractivity (Wildman–Crippen MR) is 72.8 cm³/mol. The highest BCUT2D eigenvalue weighted by Crippen LogP contribution is 2.17. The zero-order valence-electron chi connectivity index (χ0n) is 11.0. The van der Waals surface area contributed by atoms with E-state index >= 15 is 0 Å². The quantitative estimate of drug-likeness (QED) is 0.849. The van der Waals surface area contributed by atoms with Gasteiger partial charge in [-0.15, -0.1) is 0 Å². The van der Waals surface area contributed by atoms with Crippen molar-refractivity contribution in [3.63, 3.8) is 0 Å². The molecule has 5 heteroatoms. The maximum atomic E-state index is 6.03. The van der Waals surface area contributed by atoms with Gasteiger partial charge in [-0.05, 0) is 26.9 Å². The number of nitrogens with zero attached hydrogens (tertiary/aromatic N) is 3. The lowest BCUT2D eigenvalue weighted by atomic mass is 10.3. The number of hydrogen-bond donors (Lipinski definition) is 1. The molecule has 1 rings (SSSR count). The molecule has 0 fully saturated rings. The molecular formula is C12H21ClN4. The van der Waals surface area contributed by atoms with E-state index in [-0.39, 0.29) is 0 Å². The van der Waals surface area contributed by atoms with Gasteiger partial charge in [-0.25, -0.2) is 9.97 Å². The second-order valence-electron chi connectivity index (χ2n) is 3.99. The van der Waals surface area contributed by atoms with Gasteiger partial charge in [0.1, 0.15) is 0 Å². The first-order valence-corrected chi connectivity index (χ1v) is 6.43. The van der Waals surface area contributed by atoms with Crippen molar-refractivity contribution in [3.8, 4) is 0 Å². The lowest BCUT2D eigenvalue weighted by Gasteiger charge is -2.18. The van der Waals surface area contributed by atoms with Gasteiger partial charge in [-0.3, -0.25) is 0 Å². The zero-order valence-corrected chi connectivity index (χ0v) is 11.8. The summed E-state index contributed by atoms with van der Waals surface area (Å²) in [6.45, 7) is 12.1. The Morgan fingerprint density at radius 1 is 1.12 bits per heavy atom. The molecule has 0 spiro atoms. The largest absolute Gasteiger partial charge is 0.366 e. The summed E-state index contributed by atoms with van der Waals surface area (Å²) in [5.41, 5.74) is 1.80. The van der Waals surface area contributed by atoms with Gasteiger partial charge in [0.25, 0.3) is 0 Å². The van der Waals surface area contributed by atoms with E-state index in [0.717, 1.165) is 37.6 Å². The molecule has 0 aliphatic carbocycles. The third-order valence-corrected chi connectivity index (χ3v) is 3.14. The predicted octanol–water partition coefficient (Wildman–Crippen LogP) is 2.50. The minimum Gasteiger partial charge on any atom is -0.366 e. The van der Waals surface area contributed by atoms with Crippen molar-refractivity contribution < 1.29 is 0 Å². The van der Waals surface area contributed by atoms with E-state index in [2.05, 4.69) is 34.0 Å². The van der Waals surface area contributed by atoms with Crippen LogP contribution in [-0.2, 0) is 0 Å².